The number of para-hydroxylation sites is 1. The predicted octanol–water partition coefficient (Wildman–Crippen LogP) is 1.61. The predicted molar refractivity (Wildman–Crippen MR) is 82.1 cm³/mol. The van der Waals surface area contributed by atoms with Gasteiger partial charge < -0.3 is 19.9 Å². The lowest BCUT2D eigenvalue weighted by molar-refractivity contribution is -0.134. The van der Waals surface area contributed by atoms with Crippen LogP contribution in [0.25, 0.3) is 6.08 Å². The molecule has 5 nitrogen and oxygen atoms in total. The summed E-state index contributed by atoms with van der Waals surface area (Å²) in [5.41, 5.74) is 0.756. The zero-order chi connectivity index (χ0) is 15.7. The minimum Gasteiger partial charge on any atom is -0.490 e. The number of hydrogen-bond donors (Lipinski definition) is 2. The lowest BCUT2D eigenvalue weighted by Gasteiger charge is -2.16. The molecule has 1 atom stereocenters. The van der Waals surface area contributed by atoms with Crippen LogP contribution in [0.15, 0.2) is 30.3 Å². The lowest BCUT2D eigenvalue weighted by atomic mass is 10.2. The molecular weight excluding hydrogens is 270 g/mol. The van der Waals surface area contributed by atoms with Crippen molar-refractivity contribution >= 4 is 12.0 Å². The Balaban J connectivity index is 2.58. The Morgan fingerprint density at radius 3 is 2.76 bits per heavy atom. The number of carbonyl (C=O) groups excluding carboxylic acids is 1. The molecular formula is C16H23NO4. The van der Waals surface area contributed by atoms with E-state index in [2.05, 4.69) is 10.1 Å². The second-order valence-corrected chi connectivity index (χ2v) is 4.92. The fraction of sp³-hybridized carbons (Fsp3) is 0.438. The Kier molecular flexibility index (Phi) is 7.50. The summed E-state index contributed by atoms with van der Waals surface area (Å²) in [6.45, 7) is 4.68. The molecule has 116 valence electrons. The smallest absolute Gasteiger partial charge is 0.330 e. The zero-order valence-electron chi connectivity index (χ0n) is 12.7. The maximum atomic E-state index is 11.1. The fourth-order valence-corrected chi connectivity index (χ4v) is 1.59. The van der Waals surface area contributed by atoms with Crippen molar-refractivity contribution in [3.05, 3.63) is 35.9 Å². The third kappa shape index (κ3) is 6.92. The van der Waals surface area contributed by atoms with Crippen molar-refractivity contribution in [2.75, 3.05) is 20.3 Å². The molecule has 0 aromatic heterocycles. The second kappa shape index (κ2) is 9.15. The summed E-state index contributed by atoms with van der Waals surface area (Å²) in [4.78, 5) is 11.1. The molecule has 0 heterocycles. The van der Waals surface area contributed by atoms with Crippen LogP contribution < -0.4 is 10.1 Å². The second-order valence-electron chi connectivity index (χ2n) is 4.92. The molecule has 1 aromatic rings. The molecule has 0 amide bonds. The minimum atomic E-state index is -0.593. The molecule has 0 unspecified atom stereocenters. The van der Waals surface area contributed by atoms with E-state index in [1.54, 1.807) is 12.1 Å². The number of ether oxygens (including phenoxy) is 2. The maximum absolute atomic E-state index is 11.1. The molecule has 0 radical (unpaired) electrons. The summed E-state index contributed by atoms with van der Waals surface area (Å²) in [7, 11) is 1.33. The van der Waals surface area contributed by atoms with Crippen LogP contribution in [0.1, 0.15) is 19.4 Å². The number of rotatable bonds is 8. The van der Waals surface area contributed by atoms with Gasteiger partial charge >= 0.3 is 5.97 Å². The van der Waals surface area contributed by atoms with Crippen LogP contribution in [0.5, 0.6) is 5.75 Å². The number of carbonyl (C=O) groups is 1. The lowest BCUT2D eigenvalue weighted by Crippen LogP contribution is -2.35. The number of benzene rings is 1. The quantitative estimate of drug-likeness (QED) is 0.563. The number of esters is 1. The molecule has 21 heavy (non-hydrogen) atoms. The van der Waals surface area contributed by atoms with Crippen molar-refractivity contribution in [1.29, 1.82) is 0 Å². The summed E-state index contributed by atoms with van der Waals surface area (Å²) in [6.07, 6.45) is 2.36. The van der Waals surface area contributed by atoms with Gasteiger partial charge in [-0.2, -0.15) is 0 Å². The average molecular weight is 293 g/mol. The van der Waals surface area contributed by atoms with Gasteiger partial charge in [-0.15, -0.1) is 0 Å². The average Bonchev–Trinajstić information content (AvgIpc) is 2.49. The van der Waals surface area contributed by atoms with Gasteiger partial charge in [0.05, 0.1) is 7.11 Å². The Labute approximate surface area is 125 Å². The molecule has 1 aromatic carbocycles. The van der Waals surface area contributed by atoms with Gasteiger partial charge in [-0.05, 0) is 12.1 Å². The Bertz CT molecular complexity index is 471. The highest BCUT2D eigenvalue weighted by atomic mass is 16.5. The number of aliphatic hydroxyl groups excluding tert-OH is 1. The first-order valence-electron chi connectivity index (χ1n) is 6.92. The van der Waals surface area contributed by atoms with E-state index in [-0.39, 0.29) is 6.61 Å². The molecule has 0 aliphatic heterocycles. The van der Waals surface area contributed by atoms with E-state index in [9.17, 15) is 9.90 Å². The van der Waals surface area contributed by atoms with Gasteiger partial charge in [0, 0.05) is 24.2 Å². The van der Waals surface area contributed by atoms with Crippen molar-refractivity contribution < 1.29 is 19.4 Å². The van der Waals surface area contributed by atoms with Crippen molar-refractivity contribution in [2.45, 2.75) is 26.0 Å². The summed E-state index contributed by atoms with van der Waals surface area (Å²) in [5.74, 6) is 0.187. The Morgan fingerprint density at radius 2 is 2.10 bits per heavy atom. The van der Waals surface area contributed by atoms with Crippen LogP contribution in [-0.2, 0) is 9.53 Å². The molecule has 0 aliphatic carbocycles. The molecule has 0 spiro atoms. The van der Waals surface area contributed by atoms with E-state index >= 15 is 0 Å². The maximum Gasteiger partial charge on any atom is 0.330 e. The SMILES string of the molecule is COC(=O)/C=C/c1ccccc1OC[C@H](O)CNC(C)C. The molecule has 0 saturated carbocycles. The van der Waals surface area contributed by atoms with Crippen molar-refractivity contribution in [3.8, 4) is 5.75 Å². The summed E-state index contributed by atoms with van der Waals surface area (Å²) >= 11 is 0. The normalized spacial score (nSPS) is 12.6. The number of aliphatic hydroxyl groups is 1. The van der Waals surface area contributed by atoms with Gasteiger partial charge in [-0.3, -0.25) is 0 Å². The molecule has 0 aliphatic rings. The summed E-state index contributed by atoms with van der Waals surface area (Å²) in [6, 6.07) is 7.62. The van der Waals surface area contributed by atoms with E-state index in [4.69, 9.17) is 4.74 Å². The van der Waals surface area contributed by atoms with Crippen molar-refractivity contribution in [1.82, 2.24) is 5.32 Å². The van der Waals surface area contributed by atoms with Gasteiger partial charge in [0.1, 0.15) is 18.5 Å². The largest absolute Gasteiger partial charge is 0.490 e. The van der Waals surface area contributed by atoms with Crippen LogP contribution in [0.2, 0.25) is 0 Å². The fourth-order valence-electron chi connectivity index (χ4n) is 1.59. The first-order valence-corrected chi connectivity index (χ1v) is 6.92. The standard InChI is InChI=1S/C16H23NO4/c1-12(2)17-10-14(18)11-21-15-7-5-4-6-13(15)8-9-16(19)20-3/h4-9,12,14,17-18H,10-11H2,1-3H3/b9-8+/t14-/m1/s1. The van der Waals surface area contributed by atoms with E-state index in [0.29, 0.717) is 18.3 Å². The van der Waals surface area contributed by atoms with Crippen LogP contribution in [-0.4, -0.2) is 43.5 Å². The monoisotopic (exact) mass is 293 g/mol. The van der Waals surface area contributed by atoms with Crippen molar-refractivity contribution in [3.63, 3.8) is 0 Å². The van der Waals surface area contributed by atoms with Gasteiger partial charge in [0.15, 0.2) is 0 Å². The Morgan fingerprint density at radius 1 is 1.38 bits per heavy atom. The first-order chi connectivity index (χ1) is 10.0. The third-order valence-corrected chi connectivity index (χ3v) is 2.71. The number of nitrogens with one attached hydrogen (secondary N) is 1. The van der Waals surface area contributed by atoms with Gasteiger partial charge in [-0.25, -0.2) is 4.79 Å². The van der Waals surface area contributed by atoms with Crippen LogP contribution in [0.3, 0.4) is 0 Å². The third-order valence-electron chi connectivity index (χ3n) is 2.71. The minimum absolute atomic E-state index is 0.183. The highest BCUT2D eigenvalue weighted by Gasteiger charge is 2.07. The summed E-state index contributed by atoms with van der Waals surface area (Å²) < 4.78 is 10.2. The molecule has 0 saturated heterocycles. The molecule has 2 N–H and O–H groups in total. The topological polar surface area (TPSA) is 67.8 Å². The first kappa shape index (κ1) is 17.2. The van der Waals surface area contributed by atoms with Crippen LogP contribution in [0, 0.1) is 0 Å². The van der Waals surface area contributed by atoms with E-state index in [1.165, 1.54) is 13.2 Å². The number of hydrogen-bond acceptors (Lipinski definition) is 5. The van der Waals surface area contributed by atoms with E-state index in [1.807, 2.05) is 32.0 Å². The van der Waals surface area contributed by atoms with Crippen LogP contribution >= 0.6 is 0 Å². The molecule has 0 bridgehead atoms. The summed E-state index contributed by atoms with van der Waals surface area (Å²) in [5, 5.41) is 13.0. The van der Waals surface area contributed by atoms with Crippen molar-refractivity contribution in [2.24, 2.45) is 0 Å². The highest BCUT2D eigenvalue weighted by Crippen LogP contribution is 2.19. The van der Waals surface area contributed by atoms with Crippen LogP contribution in [0.4, 0.5) is 0 Å². The van der Waals surface area contributed by atoms with E-state index in [0.717, 1.165) is 5.56 Å². The Hall–Kier alpha value is -1.85. The molecule has 0 fully saturated rings. The van der Waals surface area contributed by atoms with Gasteiger partial charge in [0.25, 0.3) is 0 Å². The van der Waals surface area contributed by atoms with Gasteiger partial charge in [-0.1, -0.05) is 32.0 Å². The zero-order valence-corrected chi connectivity index (χ0v) is 12.7. The molecule has 1 rings (SSSR count). The van der Waals surface area contributed by atoms with Gasteiger partial charge in [0.2, 0.25) is 0 Å². The van der Waals surface area contributed by atoms with E-state index < -0.39 is 12.1 Å². The number of methoxy groups -OCH3 is 1. The molecule has 5 heteroatoms. The highest BCUT2D eigenvalue weighted by molar-refractivity contribution is 5.87.